The van der Waals surface area contributed by atoms with E-state index in [1.54, 1.807) is 24.3 Å². The highest BCUT2D eigenvalue weighted by atomic mass is 32.2. The van der Waals surface area contributed by atoms with Gasteiger partial charge in [-0.05, 0) is 36.4 Å². The molecule has 23 heavy (non-hydrogen) atoms. The highest BCUT2D eigenvalue weighted by Gasteiger charge is 2.27. The highest BCUT2D eigenvalue weighted by Crippen LogP contribution is 2.24. The third-order valence-corrected chi connectivity index (χ3v) is 5.34. The molecule has 2 aromatic rings. The molecule has 2 rings (SSSR count). The average molecular weight is 337 g/mol. The molecule has 0 fully saturated rings. The number of nitrogens with zero attached hydrogens (tertiary/aromatic N) is 1. The summed E-state index contributed by atoms with van der Waals surface area (Å²) in [6, 6.07) is 14.2. The molecular weight excluding hydrogens is 318 g/mol. The summed E-state index contributed by atoms with van der Waals surface area (Å²) in [5.74, 6) is 1.17. The summed E-state index contributed by atoms with van der Waals surface area (Å²) in [4.78, 5) is 0.0623. The fraction of sp³-hybridized carbons (Fsp3) is 0.250. The zero-order valence-electron chi connectivity index (χ0n) is 12.7. The lowest BCUT2D eigenvalue weighted by Gasteiger charge is -2.24. The van der Waals surface area contributed by atoms with Gasteiger partial charge in [0.15, 0.2) is 0 Å². The van der Waals surface area contributed by atoms with Gasteiger partial charge in [-0.1, -0.05) is 18.2 Å². The van der Waals surface area contributed by atoms with Crippen molar-refractivity contribution in [1.82, 2.24) is 4.31 Å². The van der Waals surface area contributed by atoms with Crippen LogP contribution in [0.5, 0.6) is 11.5 Å². The van der Waals surface area contributed by atoms with E-state index < -0.39 is 29.3 Å². The number of para-hydroxylation sites is 1. The minimum atomic E-state index is -3.79. The van der Waals surface area contributed by atoms with Gasteiger partial charge >= 0.3 is 0 Å². The van der Waals surface area contributed by atoms with Gasteiger partial charge in [-0.3, -0.25) is 0 Å². The van der Waals surface area contributed by atoms with Crippen molar-refractivity contribution in [2.24, 2.45) is 0 Å². The van der Waals surface area contributed by atoms with Gasteiger partial charge in [-0.2, -0.15) is 4.31 Å². The first-order valence-corrected chi connectivity index (χ1v) is 8.45. The van der Waals surface area contributed by atoms with Crippen molar-refractivity contribution in [3.05, 3.63) is 54.6 Å². The number of sulfonamides is 1. The molecule has 124 valence electrons. The zero-order valence-corrected chi connectivity index (χ0v) is 13.5. The van der Waals surface area contributed by atoms with Gasteiger partial charge < -0.3 is 14.9 Å². The lowest BCUT2D eigenvalue weighted by molar-refractivity contribution is 0.135. The number of aliphatic hydroxyl groups excluding tert-OH is 2. The van der Waals surface area contributed by atoms with E-state index in [0.717, 1.165) is 4.31 Å². The molecule has 0 unspecified atom stereocenters. The van der Waals surface area contributed by atoms with Crippen molar-refractivity contribution < 1.29 is 23.4 Å². The summed E-state index contributed by atoms with van der Waals surface area (Å²) in [5, 5.41) is 18.3. The standard InChI is InChI=1S/C16H19NO5S/c1-17(13(11-18)12-19)23(20,21)16-9-7-15(8-10-16)22-14-5-3-2-4-6-14/h2-10,13,18-19H,11-12H2,1H3. The maximum absolute atomic E-state index is 12.4. The van der Waals surface area contributed by atoms with Crippen molar-refractivity contribution in [2.45, 2.75) is 10.9 Å². The molecule has 0 aromatic heterocycles. The van der Waals surface area contributed by atoms with E-state index in [0.29, 0.717) is 11.5 Å². The van der Waals surface area contributed by atoms with Gasteiger partial charge in [0.05, 0.1) is 24.2 Å². The zero-order chi connectivity index (χ0) is 16.9. The van der Waals surface area contributed by atoms with Gasteiger partial charge in [0, 0.05) is 7.05 Å². The maximum Gasteiger partial charge on any atom is 0.243 e. The number of ether oxygens (including phenoxy) is 1. The number of rotatable bonds is 7. The molecule has 0 atom stereocenters. The summed E-state index contributed by atoms with van der Waals surface area (Å²) >= 11 is 0. The molecule has 0 spiro atoms. The van der Waals surface area contributed by atoms with E-state index in [-0.39, 0.29) is 4.90 Å². The summed E-state index contributed by atoms with van der Waals surface area (Å²) in [5.41, 5.74) is 0. The quantitative estimate of drug-likeness (QED) is 0.798. The van der Waals surface area contributed by atoms with E-state index >= 15 is 0 Å². The number of hydrogen-bond acceptors (Lipinski definition) is 5. The third-order valence-electron chi connectivity index (χ3n) is 3.42. The first-order chi connectivity index (χ1) is 11.0. The summed E-state index contributed by atoms with van der Waals surface area (Å²) < 4.78 is 31.4. The Hall–Kier alpha value is -1.93. The Morgan fingerprint density at radius 2 is 1.48 bits per heavy atom. The molecule has 0 aliphatic carbocycles. The molecule has 2 N–H and O–H groups in total. The summed E-state index contributed by atoms with van der Waals surface area (Å²) in [7, 11) is -2.47. The Labute approximate surface area is 135 Å². The summed E-state index contributed by atoms with van der Waals surface area (Å²) in [6.45, 7) is -0.914. The average Bonchev–Trinajstić information content (AvgIpc) is 2.57. The fourth-order valence-electron chi connectivity index (χ4n) is 1.95. The Balaban J connectivity index is 2.18. The van der Waals surface area contributed by atoms with Crippen LogP contribution in [0.3, 0.4) is 0 Å². The van der Waals surface area contributed by atoms with Crippen LogP contribution in [0.25, 0.3) is 0 Å². The second-order valence-electron chi connectivity index (χ2n) is 4.93. The molecule has 0 radical (unpaired) electrons. The van der Waals surface area contributed by atoms with Crippen LogP contribution in [-0.4, -0.2) is 49.2 Å². The van der Waals surface area contributed by atoms with E-state index in [1.807, 2.05) is 18.2 Å². The largest absolute Gasteiger partial charge is 0.457 e. The molecular formula is C16H19NO5S. The van der Waals surface area contributed by atoms with Crippen molar-refractivity contribution in [1.29, 1.82) is 0 Å². The van der Waals surface area contributed by atoms with Gasteiger partial charge in [-0.15, -0.1) is 0 Å². The van der Waals surface area contributed by atoms with E-state index in [2.05, 4.69) is 0 Å². The predicted octanol–water partition coefficient (Wildman–Crippen LogP) is 1.45. The van der Waals surface area contributed by atoms with Crippen LogP contribution in [0.2, 0.25) is 0 Å². The lowest BCUT2D eigenvalue weighted by Crippen LogP contribution is -2.41. The normalized spacial score (nSPS) is 11.9. The summed E-state index contributed by atoms with van der Waals surface area (Å²) in [6.07, 6.45) is 0. The number of likely N-dealkylation sites (N-methyl/N-ethyl adjacent to an activating group) is 1. The monoisotopic (exact) mass is 337 g/mol. The van der Waals surface area contributed by atoms with Crippen LogP contribution in [0, 0.1) is 0 Å². The first kappa shape index (κ1) is 17.4. The van der Waals surface area contributed by atoms with Crippen LogP contribution >= 0.6 is 0 Å². The Morgan fingerprint density at radius 3 is 2.00 bits per heavy atom. The molecule has 0 saturated heterocycles. The van der Waals surface area contributed by atoms with E-state index in [4.69, 9.17) is 14.9 Å². The molecule has 0 heterocycles. The number of benzene rings is 2. The molecule has 0 aliphatic heterocycles. The SMILES string of the molecule is CN(C(CO)CO)S(=O)(=O)c1ccc(Oc2ccccc2)cc1. The van der Waals surface area contributed by atoms with Crippen molar-refractivity contribution in [3.8, 4) is 11.5 Å². The minimum Gasteiger partial charge on any atom is -0.457 e. The molecule has 0 amide bonds. The smallest absolute Gasteiger partial charge is 0.243 e. The van der Waals surface area contributed by atoms with Crippen LogP contribution in [-0.2, 0) is 10.0 Å². The maximum atomic E-state index is 12.4. The van der Waals surface area contributed by atoms with E-state index in [9.17, 15) is 8.42 Å². The van der Waals surface area contributed by atoms with Gasteiger partial charge in [0.2, 0.25) is 10.0 Å². The molecule has 7 heteroatoms. The Bertz CT molecular complexity index is 712. The number of aliphatic hydroxyl groups is 2. The molecule has 0 bridgehead atoms. The van der Waals surface area contributed by atoms with Crippen molar-refractivity contribution in [3.63, 3.8) is 0 Å². The second-order valence-corrected chi connectivity index (χ2v) is 6.92. The molecule has 0 saturated carbocycles. The first-order valence-electron chi connectivity index (χ1n) is 7.01. The van der Waals surface area contributed by atoms with Crippen LogP contribution in [0.15, 0.2) is 59.5 Å². The number of hydrogen-bond donors (Lipinski definition) is 2. The Kier molecular flexibility index (Phi) is 5.73. The van der Waals surface area contributed by atoms with Crippen LogP contribution in [0.1, 0.15) is 0 Å². The minimum absolute atomic E-state index is 0.0623. The lowest BCUT2D eigenvalue weighted by atomic mass is 10.3. The predicted molar refractivity (Wildman–Crippen MR) is 85.9 cm³/mol. The van der Waals surface area contributed by atoms with Gasteiger partial charge in [0.1, 0.15) is 11.5 Å². The third kappa shape index (κ3) is 4.08. The molecule has 2 aromatic carbocycles. The van der Waals surface area contributed by atoms with Gasteiger partial charge in [-0.25, -0.2) is 8.42 Å². The fourth-order valence-corrected chi connectivity index (χ4v) is 3.29. The van der Waals surface area contributed by atoms with Crippen LogP contribution < -0.4 is 4.74 Å². The second kappa shape index (κ2) is 7.56. The molecule has 6 nitrogen and oxygen atoms in total. The van der Waals surface area contributed by atoms with Gasteiger partial charge in [0.25, 0.3) is 0 Å². The topological polar surface area (TPSA) is 87.1 Å². The highest BCUT2D eigenvalue weighted by molar-refractivity contribution is 7.89. The van der Waals surface area contributed by atoms with Crippen LogP contribution in [0.4, 0.5) is 0 Å². The molecule has 0 aliphatic rings. The van der Waals surface area contributed by atoms with Crippen molar-refractivity contribution in [2.75, 3.05) is 20.3 Å². The Morgan fingerprint density at radius 1 is 0.957 bits per heavy atom. The van der Waals surface area contributed by atoms with E-state index in [1.165, 1.54) is 19.2 Å². The van der Waals surface area contributed by atoms with Crippen molar-refractivity contribution >= 4 is 10.0 Å².